The summed E-state index contributed by atoms with van der Waals surface area (Å²) >= 11 is 4.75. The SMILES string of the molecule is CC(NC(=O)CN(C)C(=O)c1cccs1)c1ccc(Br)cc1. The van der Waals surface area contributed by atoms with Gasteiger partial charge in [0.15, 0.2) is 0 Å². The molecule has 1 aromatic heterocycles. The number of carbonyl (C=O) groups is 2. The lowest BCUT2D eigenvalue weighted by molar-refractivity contribution is -0.122. The maximum absolute atomic E-state index is 12.1. The number of hydrogen-bond donors (Lipinski definition) is 1. The van der Waals surface area contributed by atoms with Crippen LogP contribution < -0.4 is 5.32 Å². The molecule has 0 spiro atoms. The van der Waals surface area contributed by atoms with Gasteiger partial charge in [0.2, 0.25) is 5.91 Å². The maximum atomic E-state index is 12.1. The van der Waals surface area contributed by atoms with Crippen molar-refractivity contribution in [1.29, 1.82) is 0 Å². The third-order valence-electron chi connectivity index (χ3n) is 3.21. The Kier molecular flexibility index (Phi) is 5.74. The van der Waals surface area contributed by atoms with E-state index in [1.807, 2.05) is 42.6 Å². The summed E-state index contributed by atoms with van der Waals surface area (Å²) in [4.78, 5) is 26.2. The number of amides is 2. The molecule has 1 aromatic carbocycles. The van der Waals surface area contributed by atoms with Crippen LogP contribution in [-0.2, 0) is 4.79 Å². The molecule has 4 nitrogen and oxygen atoms in total. The minimum absolute atomic E-state index is 0.0393. The molecule has 116 valence electrons. The van der Waals surface area contributed by atoms with Gasteiger partial charge in [0.1, 0.15) is 0 Å². The smallest absolute Gasteiger partial charge is 0.264 e. The Morgan fingerprint density at radius 2 is 1.95 bits per heavy atom. The second-order valence-electron chi connectivity index (χ2n) is 4.98. The zero-order valence-electron chi connectivity index (χ0n) is 12.4. The summed E-state index contributed by atoms with van der Waals surface area (Å²) in [5, 5.41) is 4.75. The molecule has 0 aliphatic heterocycles. The van der Waals surface area contributed by atoms with Crippen LogP contribution in [0.2, 0.25) is 0 Å². The predicted octanol–water partition coefficient (Wildman–Crippen LogP) is 3.46. The summed E-state index contributed by atoms with van der Waals surface area (Å²) in [6.45, 7) is 1.96. The minimum atomic E-state index is -0.178. The fourth-order valence-electron chi connectivity index (χ4n) is 2.00. The molecule has 0 aliphatic carbocycles. The number of nitrogens with zero attached hydrogens (tertiary/aromatic N) is 1. The van der Waals surface area contributed by atoms with E-state index in [-0.39, 0.29) is 24.4 Å². The van der Waals surface area contributed by atoms with E-state index >= 15 is 0 Å². The van der Waals surface area contributed by atoms with Crippen LogP contribution in [-0.4, -0.2) is 30.3 Å². The van der Waals surface area contributed by atoms with Crippen LogP contribution in [0.3, 0.4) is 0 Å². The summed E-state index contributed by atoms with van der Waals surface area (Å²) in [6.07, 6.45) is 0. The highest BCUT2D eigenvalue weighted by atomic mass is 79.9. The first-order valence-corrected chi connectivity index (χ1v) is 8.48. The summed E-state index contributed by atoms with van der Waals surface area (Å²) < 4.78 is 0.996. The Bertz CT molecular complexity index is 641. The number of benzene rings is 1. The lowest BCUT2D eigenvalue weighted by atomic mass is 10.1. The molecule has 0 bridgehead atoms. The average molecular weight is 381 g/mol. The van der Waals surface area contributed by atoms with E-state index in [9.17, 15) is 9.59 Å². The highest BCUT2D eigenvalue weighted by Crippen LogP contribution is 2.16. The van der Waals surface area contributed by atoms with Gasteiger partial charge in [-0.3, -0.25) is 9.59 Å². The van der Waals surface area contributed by atoms with Crippen molar-refractivity contribution in [1.82, 2.24) is 10.2 Å². The Morgan fingerprint density at radius 1 is 1.27 bits per heavy atom. The minimum Gasteiger partial charge on any atom is -0.348 e. The van der Waals surface area contributed by atoms with Crippen molar-refractivity contribution in [2.24, 2.45) is 0 Å². The van der Waals surface area contributed by atoms with E-state index in [0.717, 1.165) is 10.0 Å². The number of carbonyl (C=O) groups excluding carboxylic acids is 2. The van der Waals surface area contributed by atoms with Crippen LogP contribution in [0.5, 0.6) is 0 Å². The topological polar surface area (TPSA) is 49.4 Å². The van der Waals surface area contributed by atoms with Crippen LogP contribution in [0.1, 0.15) is 28.2 Å². The van der Waals surface area contributed by atoms with Gasteiger partial charge in [0, 0.05) is 11.5 Å². The molecular formula is C16H17BrN2O2S. The van der Waals surface area contributed by atoms with Crippen molar-refractivity contribution in [2.75, 3.05) is 13.6 Å². The van der Waals surface area contributed by atoms with Gasteiger partial charge in [-0.1, -0.05) is 34.1 Å². The van der Waals surface area contributed by atoms with Gasteiger partial charge >= 0.3 is 0 Å². The number of rotatable bonds is 5. The van der Waals surface area contributed by atoms with Gasteiger partial charge < -0.3 is 10.2 Å². The number of nitrogens with one attached hydrogen (secondary N) is 1. The molecule has 1 heterocycles. The molecule has 22 heavy (non-hydrogen) atoms. The fourth-order valence-corrected chi connectivity index (χ4v) is 2.98. The van der Waals surface area contributed by atoms with Gasteiger partial charge in [0.05, 0.1) is 17.5 Å². The van der Waals surface area contributed by atoms with Crippen LogP contribution >= 0.6 is 27.3 Å². The number of halogens is 1. The van der Waals surface area contributed by atoms with Gasteiger partial charge in [0.25, 0.3) is 5.91 Å². The van der Waals surface area contributed by atoms with Crippen molar-refractivity contribution in [3.05, 3.63) is 56.7 Å². The molecule has 0 fully saturated rings. The molecule has 1 atom stereocenters. The molecule has 0 saturated carbocycles. The molecule has 0 saturated heterocycles. The van der Waals surface area contributed by atoms with Gasteiger partial charge in [-0.05, 0) is 36.1 Å². The van der Waals surface area contributed by atoms with Crippen molar-refractivity contribution >= 4 is 39.1 Å². The van der Waals surface area contributed by atoms with E-state index in [2.05, 4.69) is 21.2 Å². The number of hydrogen-bond acceptors (Lipinski definition) is 3. The molecule has 1 N–H and O–H groups in total. The summed E-state index contributed by atoms with van der Waals surface area (Å²) in [5.41, 5.74) is 1.02. The van der Waals surface area contributed by atoms with Gasteiger partial charge in [-0.15, -0.1) is 11.3 Å². The summed E-state index contributed by atoms with van der Waals surface area (Å²) in [7, 11) is 1.63. The van der Waals surface area contributed by atoms with E-state index < -0.39 is 0 Å². The Balaban J connectivity index is 1.89. The lowest BCUT2D eigenvalue weighted by Crippen LogP contribution is -2.39. The van der Waals surface area contributed by atoms with E-state index in [4.69, 9.17) is 0 Å². The second kappa shape index (κ2) is 7.56. The lowest BCUT2D eigenvalue weighted by Gasteiger charge is -2.19. The molecule has 2 amide bonds. The number of likely N-dealkylation sites (N-methyl/N-ethyl adjacent to an activating group) is 1. The van der Waals surface area contributed by atoms with Gasteiger partial charge in [-0.2, -0.15) is 0 Å². The normalized spacial score (nSPS) is 11.8. The van der Waals surface area contributed by atoms with Crippen molar-refractivity contribution in [2.45, 2.75) is 13.0 Å². The first-order chi connectivity index (χ1) is 10.5. The average Bonchev–Trinajstić information content (AvgIpc) is 3.00. The largest absolute Gasteiger partial charge is 0.348 e. The standard InChI is InChI=1S/C16H17BrN2O2S/c1-11(12-5-7-13(17)8-6-12)18-15(20)10-19(2)16(21)14-4-3-9-22-14/h3-9,11H,10H2,1-2H3,(H,18,20). The molecule has 6 heteroatoms. The van der Waals surface area contributed by atoms with Crippen molar-refractivity contribution in [3.63, 3.8) is 0 Å². The first-order valence-electron chi connectivity index (χ1n) is 6.81. The van der Waals surface area contributed by atoms with Crippen LogP contribution in [0.25, 0.3) is 0 Å². The highest BCUT2D eigenvalue weighted by molar-refractivity contribution is 9.10. The maximum Gasteiger partial charge on any atom is 0.264 e. The van der Waals surface area contributed by atoms with E-state index in [1.165, 1.54) is 16.2 Å². The van der Waals surface area contributed by atoms with E-state index in [0.29, 0.717) is 4.88 Å². The summed E-state index contributed by atoms with van der Waals surface area (Å²) in [6, 6.07) is 11.2. The van der Waals surface area contributed by atoms with Crippen molar-refractivity contribution < 1.29 is 9.59 Å². The van der Waals surface area contributed by atoms with Crippen LogP contribution in [0, 0.1) is 0 Å². The first kappa shape index (κ1) is 16.7. The quantitative estimate of drug-likeness (QED) is 0.863. The highest BCUT2D eigenvalue weighted by Gasteiger charge is 2.17. The molecule has 0 aliphatic rings. The van der Waals surface area contributed by atoms with Crippen LogP contribution in [0.15, 0.2) is 46.3 Å². The zero-order valence-corrected chi connectivity index (χ0v) is 14.8. The number of thiophene rings is 1. The molecule has 2 rings (SSSR count). The molecule has 1 unspecified atom stereocenters. The Morgan fingerprint density at radius 3 is 2.55 bits per heavy atom. The molecule has 2 aromatic rings. The fraction of sp³-hybridized carbons (Fsp3) is 0.250. The second-order valence-corrected chi connectivity index (χ2v) is 6.84. The Labute approximate surface area is 142 Å². The third-order valence-corrected chi connectivity index (χ3v) is 4.59. The monoisotopic (exact) mass is 380 g/mol. The predicted molar refractivity (Wildman–Crippen MR) is 92.0 cm³/mol. The van der Waals surface area contributed by atoms with E-state index in [1.54, 1.807) is 13.1 Å². The van der Waals surface area contributed by atoms with Crippen molar-refractivity contribution in [3.8, 4) is 0 Å². The van der Waals surface area contributed by atoms with Crippen LogP contribution in [0.4, 0.5) is 0 Å². The molecular weight excluding hydrogens is 364 g/mol. The third kappa shape index (κ3) is 4.42. The van der Waals surface area contributed by atoms with Gasteiger partial charge in [-0.25, -0.2) is 0 Å². The Hall–Kier alpha value is -1.66. The summed E-state index contributed by atoms with van der Waals surface area (Å²) in [5.74, 6) is -0.315. The zero-order chi connectivity index (χ0) is 16.1. The molecule has 0 radical (unpaired) electrons.